The Morgan fingerprint density at radius 2 is 1.81 bits per heavy atom. The molecule has 21 heavy (non-hydrogen) atoms. The maximum Gasteiger partial charge on any atom is 0.410 e. The van der Waals surface area contributed by atoms with Crippen molar-refractivity contribution in [1.29, 1.82) is 0 Å². The van der Waals surface area contributed by atoms with Crippen LogP contribution in [-0.2, 0) is 4.74 Å². The highest BCUT2D eigenvalue weighted by molar-refractivity contribution is 5.68. The van der Waals surface area contributed by atoms with Crippen LogP contribution < -0.4 is 0 Å². The minimum Gasteiger partial charge on any atom is -0.444 e. The van der Waals surface area contributed by atoms with E-state index in [0.717, 1.165) is 25.9 Å². The first-order valence-electron chi connectivity index (χ1n) is 7.34. The molecule has 4 nitrogen and oxygen atoms in total. The molecule has 4 heteroatoms. The van der Waals surface area contributed by atoms with Gasteiger partial charge in [0.15, 0.2) is 5.69 Å². The molecule has 0 aliphatic carbocycles. The van der Waals surface area contributed by atoms with E-state index < -0.39 is 5.60 Å². The van der Waals surface area contributed by atoms with Crippen LogP contribution in [-0.4, -0.2) is 29.7 Å². The van der Waals surface area contributed by atoms with Crippen LogP contribution >= 0.6 is 0 Å². The third-order valence-electron chi connectivity index (χ3n) is 3.64. The van der Waals surface area contributed by atoms with Crippen molar-refractivity contribution in [3.8, 4) is 0 Å². The van der Waals surface area contributed by atoms with Gasteiger partial charge in [-0.2, -0.15) is 0 Å². The van der Waals surface area contributed by atoms with Gasteiger partial charge >= 0.3 is 6.09 Å². The maximum absolute atomic E-state index is 12.0. The SMILES string of the molecule is [C-]#[N+]c1ccc(C2CCN(C(=O)OC(C)(C)C)CC2)cc1. The summed E-state index contributed by atoms with van der Waals surface area (Å²) in [5, 5.41) is 0. The summed E-state index contributed by atoms with van der Waals surface area (Å²) in [6.45, 7) is 14.1. The summed E-state index contributed by atoms with van der Waals surface area (Å²) in [5.41, 5.74) is 1.49. The number of hydrogen-bond acceptors (Lipinski definition) is 2. The molecular weight excluding hydrogens is 264 g/mol. The Bertz CT molecular complexity index is 529. The summed E-state index contributed by atoms with van der Waals surface area (Å²) in [5.74, 6) is 0.462. The molecule has 0 unspecified atom stereocenters. The van der Waals surface area contributed by atoms with Crippen molar-refractivity contribution < 1.29 is 9.53 Å². The van der Waals surface area contributed by atoms with Crippen molar-refractivity contribution in [3.63, 3.8) is 0 Å². The van der Waals surface area contributed by atoms with E-state index in [1.807, 2.05) is 45.0 Å². The van der Waals surface area contributed by atoms with Gasteiger partial charge in [0, 0.05) is 13.1 Å². The van der Waals surface area contributed by atoms with Crippen LogP contribution in [0.3, 0.4) is 0 Å². The van der Waals surface area contributed by atoms with Gasteiger partial charge in [-0.25, -0.2) is 9.64 Å². The molecule has 112 valence electrons. The van der Waals surface area contributed by atoms with Gasteiger partial charge in [0.2, 0.25) is 0 Å². The molecule has 0 N–H and O–H groups in total. The van der Waals surface area contributed by atoms with Gasteiger partial charge in [-0.15, -0.1) is 0 Å². The highest BCUT2D eigenvalue weighted by Gasteiger charge is 2.27. The van der Waals surface area contributed by atoms with Crippen LogP contribution in [0.2, 0.25) is 0 Å². The molecule has 0 bridgehead atoms. The lowest BCUT2D eigenvalue weighted by Gasteiger charge is -2.33. The predicted octanol–water partition coefficient (Wildman–Crippen LogP) is 4.35. The predicted molar refractivity (Wildman–Crippen MR) is 82.5 cm³/mol. The number of hydrogen-bond donors (Lipinski definition) is 0. The number of amides is 1. The molecule has 2 rings (SSSR count). The van der Waals surface area contributed by atoms with E-state index in [-0.39, 0.29) is 6.09 Å². The Hall–Kier alpha value is -2.02. The van der Waals surface area contributed by atoms with E-state index in [0.29, 0.717) is 11.6 Å². The van der Waals surface area contributed by atoms with E-state index in [1.54, 1.807) is 4.90 Å². The minimum atomic E-state index is -0.441. The lowest BCUT2D eigenvalue weighted by molar-refractivity contribution is 0.0205. The lowest BCUT2D eigenvalue weighted by Crippen LogP contribution is -2.41. The van der Waals surface area contributed by atoms with E-state index in [1.165, 1.54) is 5.56 Å². The summed E-state index contributed by atoms with van der Waals surface area (Å²) in [4.78, 5) is 17.2. The Labute approximate surface area is 126 Å². The Morgan fingerprint density at radius 3 is 2.29 bits per heavy atom. The fourth-order valence-corrected chi connectivity index (χ4v) is 2.54. The van der Waals surface area contributed by atoms with Crippen LogP contribution in [0, 0.1) is 6.57 Å². The molecule has 1 aromatic rings. The second kappa shape index (κ2) is 6.17. The lowest BCUT2D eigenvalue weighted by atomic mass is 9.89. The summed E-state index contributed by atoms with van der Waals surface area (Å²) in [7, 11) is 0. The van der Waals surface area contributed by atoms with Crippen molar-refractivity contribution in [2.24, 2.45) is 0 Å². The molecule has 1 aliphatic heterocycles. The van der Waals surface area contributed by atoms with Crippen molar-refractivity contribution >= 4 is 11.8 Å². The molecule has 0 spiro atoms. The van der Waals surface area contributed by atoms with Gasteiger partial charge in [0.05, 0.1) is 6.57 Å². The van der Waals surface area contributed by atoms with Crippen LogP contribution in [0.25, 0.3) is 4.85 Å². The number of carbonyl (C=O) groups excluding carboxylic acids is 1. The highest BCUT2D eigenvalue weighted by Crippen LogP contribution is 2.29. The normalized spacial score (nSPS) is 16.4. The van der Waals surface area contributed by atoms with Gasteiger partial charge in [-0.3, -0.25) is 0 Å². The number of likely N-dealkylation sites (tertiary alicyclic amines) is 1. The minimum absolute atomic E-state index is 0.218. The van der Waals surface area contributed by atoms with Crippen molar-refractivity contribution in [3.05, 3.63) is 41.2 Å². The molecular formula is C17H22N2O2. The van der Waals surface area contributed by atoms with Gasteiger partial charge < -0.3 is 9.64 Å². The van der Waals surface area contributed by atoms with E-state index in [4.69, 9.17) is 11.3 Å². The fourth-order valence-electron chi connectivity index (χ4n) is 2.54. The molecule has 1 amide bonds. The monoisotopic (exact) mass is 286 g/mol. The fraction of sp³-hybridized carbons (Fsp3) is 0.529. The largest absolute Gasteiger partial charge is 0.444 e. The zero-order valence-corrected chi connectivity index (χ0v) is 12.9. The van der Waals surface area contributed by atoms with E-state index in [2.05, 4.69) is 4.85 Å². The first-order valence-corrected chi connectivity index (χ1v) is 7.34. The third-order valence-corrected chi connectivity index (χ3v) is 3.64. The Kier molecular flexibility index (Phi) is 4.52. The van der Waals surface area contributed by atoms with Gasteiger partial charge in [0.1, 0.15) is 5.60 Å². The summed E-state index contributed by atoms with van der Waals surface area (Å²) in [6, 6.07) is 7.79. The van der Waals surface area contributed by atoms with E-state index >= 15 is 0 Å². The zero-order valence-electron chi connectivity index (χ0n) is 12.9. The molecule has 1 aliphatic rings. The molecule has 0 saturated carbocycles. The molecule has 0 atom stereocenters. The van der Waals surface area contributed by atoms with Crippen molar-refractivity contribution in [2.75, 3.05) is 13.1 Å². The van der Waals surface area contributed by atoms with E-state index in [9.17, 15) is 4.79 Å². The topological polar surface area (TPSA) is 33.9 Å². The summed E-state index contributed by atoms with van der Waals surface area (Å²) >= 11 is 0. The molecule has 0 aromatic heterocycles. The average Bonchev–Trinajstić information content (AvgIpc) is 2.46. The molecule has 1 heterocycles. The quantitative estimate of drug-likeness (QED) is 0.719. The number of carbonyl (C=O) groups is 1. The second-order valence-corrected chi connectivity index (χ2v) is 6.44. The number of piperidine rings is 1. The standard InChI is InChI=1S/C17H22N2O2/c1-17(2,3)21-16(20)19-11-9-14(10-12-19)13-5-7-15(18-4)8-6-13/h5-8,14H,9-12H2,1-3H3. The maximum atomic E-state index is 12.0. The summed E-state index contributed by atoms with van der Waals surface area (Å²) < 4.78 is 5.40. The first-order chi connectivity index (χ1) is 9.89. The number of rotatable bonds is 1. The smallest absolute Gasteiger partial charge is 0.410 e. The number of benzene rings is 1. The summed E-state index contributed by atoms with van der Waals surface area (Å²) in [6.07, 6.45) is 1.66. The van der Waals surface area contributed by atoms with Crippen LogP contribution in [0.1, 0.15) is 45.1 Å². The Morgan fingerprint density at radius 1 is 1.24 bits per heavy atom. The van der Waals surface area contributed by atoms with Crippen LogP contribution in [0.4, 0.5) is 10.5 Å². The molecule has 0 radical (unpaired) electrons. The van der Waals surface area contributed by atoms with Crippen molar-refractivity contribution in [2.45, 2.75) is 45.1 Å². The second-order valence-electron chi connectivity index (χ2n) is 6.44. The average molecular weight is 286 g/mol. The van der Waals surface area contributed by atoms with Gasteiger partial charge in [-0.05, 0) is 45.1 Å². The Balaban J connectivity index is 1.91. The zero-order chi connectivity index (χ0) is 15.5. The number of nitrogens with zero attached hydrogens (tertiary/aromatic N) is 2. The van der Waals surface area contributed by atoms with Crippen LogP contribution in [0.15, 0.2) is 24.3 Å². The molecule has 1 fully saturated rings. The van der Waals surface area contributed by atoms with Gasteiger partial charge in [-0.1, -0.05) is 24.3 Å². The van der Waals surface area contributed by atoms with Crippen LogP contribution in [0.5, 0.6) is 0 Å². The third kappa shape index (κ3) is 4.22. The van der Waals surface area contributed by atoms with Gasteiger partial charge in [0.25, 0.3) is 0 Å². The molecule has 1 aromatic carbocycles. The first kappa shape index (κ1) is 15.4. The number of ether oxygens (including phenoxy) is 1. The molecule has 1 saturated heterocycles. The van der Waals surface area contributed by atoms with Crippen molar-refractivity contribution in [1.82, 2.24) is 4.90 Å². The highest BCUT2D eigenvalue weighted by atomic mass is 16.6.